The predicted octanol–water partition coefficient (Wildman–Crippen LogP) is 2.60. The molecule has 0 aliphatic carbocycles. The minimum Gasteiger partial charge on any atom is -0.508 e. The average molecular weight is 298 g/mol. The van der Waals surface area contributed by atoms with Crippen LogP contribution in [0, 0.1) is 0 Å². The fourth-order valence-electron chi connectivity index (χ4n) is 2.91. The van der Waals surface area contributed by atoms with Crippen LogP contribution in [0.3, 0.4) is 0 Å². The van der Waals surface area contributed by atoms with Gasteiger partial charge in [-0.25, -0.2) is 0 Å². The van der Waals surface area contributed by atoms with E-state index >= 15 is 0 Å². The van der Waals surface area contributed by atoms with Gasteiger partial charge in [0, 0.05) is 17.5 Å². The minimum atomic E-state index is -0.307. The molecule has 0 spiro atoms. The molecule has 2 aromatic carbocycles. The summed E-state index contributed by atoms with van der Waals surface area (Å²) in [5.41, 5.74) is 1.85. The molecule has 1 unspecified atom stereocenters. The second-order valence-corrected chi connectivity index (χ2v) is 5.36. The molecule has 0 saturated carbocycles. The van der Waals surface area contributed by atoms with E-state index in [1.165, 1.54) is 6.07 Å². The topological polar surface area (TPSA) is 65.0 Å². The molecule has 5 nitrogen and oxygen atoms in total. The molecule has 0 saturated heterocycles. The summed E-state index contributed by atoms with van der Waals surface area (Å²) in [5, 5.41) is 9.56. The molecule has 2 heterocycles. The average Bonchev–Trinajstić information content (AvgIpc) is 2.53. The van der Waals surface area contributed by atoms with Crippen molar-refractivity contribution in [3.63, 3.8) is 0 Å². The van der Waals surface area contributed by atoms with E-state index in [9.17, 15) is 9.90 Å². The van der Waals surface area contributed by atoms with Gasteiger partial charge in [0.05, 0.1) is 6.42 Å². The summed E-state index contributed by atoms with van der Waals surface area (Å²) in [6.07, 6.45) is 0.261. The van der Waals surface area contributed by atoms with Crippen LogP contribution in [-0.4, -0.2) is 24.3 Å². The first-order valence-electron chi connectivity index (χ1n) is 7.14. The SMILES string of the molecule is O=C1CC(c2ccc3c(c2)OCCO3)c2ccc(O)cc2O1. The number of hydrogen-bond donors (Lipinski definition) is 1. The van der Waals surface area contributed by atoms with Crippen LogP contribution in [0.2, 0.25) is 0 Å². The Hall–Kier alpha value is -2.69. The highest BCUT2D eigenvalue weighted by Gasteiger charge is 2.29. The van der Waals surface area contributed by atoms with Crippen molar-refractivity contribution in [2.45, 2.75) is 12.3 Å². The standard InChI is InChI=1S/C17H14O5/c18-11-2-3-12-13(9-17(19)22-15(12)8-11)10-1-4-14-16(7-10)21-6-5-20-14/h1-4,7-8,13,18H,5-6,9H2. The quantitative estimate of drug-likeness (QED) is 0.647. The van der Waals surface area contributed by atoms with Crippen LogP contribution in [0.25, 0.3) is 0 Å². The number of rotatable bonds is 1. The second-order valence-electron chi connectivity index (χ2n) is 5.36. The minimum absolute atomic E-state index is 0.0781. The van der Waals surface area contributed by atoms with Gasteiger partial charge in [-0.05, 0) is 23.8 Å². The molecule has 1 N–H and O–H groups in total. The molecule has 0 aromatic heterocycles. The number of phenols is 1. The van der Waals surface area contributed by atoms with Crippen LogP contribution in [0.5, 0.6) is 23.0 Å². The van der Waals surface area contributed by atoms with E-state index in [0.29, 0.717) is 24.7 Å². The zero-order valence-electron chi connectivity index (χ0n) is 11.7. The van der Waals surface area contributed by atoms with Crippen LogP contribution >= 0.6 is 0 Å². The van der Waals surface area contributed by atoms with Crippen molar-refractivity contribution >= 4 is 5.97 Å². The summed E-state index contributed by atoms with van der Waals surface area (Å²) in [6.45, 7) is 1.07. The van der Waals surface area contributed by atoms with E-state index in [-0.39, 0.29) is 24.1 Å². The van der Waals surface area contributed by atoms with Gasteiger partial charge in [0.25, 0.3) is 0 Å². The molecule has 22 heavy (non-hydrogen) atoms. The van der Waals surface area contributed by atoms with Crippen molar-refractivity contribution < 1.29 is 24.1 Å². The van der Waals surface area contributed by atoms with Crippen LogP contribution in [0.1, 0.15) is 23.5 Å². The van der Waals surface area contributed by atoms with E-state index in [0.717, 1.165) is 16.9 Å². The normalized spacial score (nSPS) is 19.3. The number of carbonyl (C=O) groups excluding carboxylic acids is 1. The van der Waals surface area contributed by atoms with Crippen molar-refractivity contribution in [3.05, 3.63) is 47.5 Å². The molecule has 2 aliphatic heterocycles. The van der Waals surface area contributed by atoms with Gasteiger partial charge in [0.1, 0.15) is 24.7 Å². The van der Waals surface area contributed by atoms with Gasteiger partial charge >= 0.3 is 5.97 Å². The van der Waals surface area contributed by atoms with E-state index in [1.54, 1.807) is 12.1 Å². The van der Waals surface area contributed by atoms with Gasteiger partial charge in [-0.2, -0.15) is 0 Å². The van der Waals surface area contributed by atoms with Crippen molar-refractivity contribution in [2.75, 3.05) is 13.2 Å². The maximum Gasteiger partial charge on any atom is 0.312 e. The number of esters is 1. The van der Waals surface area contributed by atoms with Gasteiger partial charge in [0.2, 0.25) is 0 Å². The molecule has 112 valence electrons. The third kappa shape index (κ3) is 2.15. The smallest absolute Gasteiger partial charge is 0.312 e. The van der Waals surface area contributed by atoms with Gasteiger partial charge < -0.3 is 19.3 Å². The van der Waals surface area contributed by atoms with E-state index < -0.39 is 0 Å². The number of benzene rings is 2. The lowest BCUT2D eigenvalue weighted by atomic mass is 9.86. The molecule has 1 atom stereocenters. The summed E-state index contributed by atoms with van der Waals surface area (Å²) >= 11 is 0. The van der Waals surface area contributed by atoms with Gasteiger partial charge in [0.15, 0.2) is 11.5 Å². The highest BCUT2D eigenvalue weighted by Crippen LogP contribution is 2.42. The molecule has 0 radical (unpaired) electrons. The monoisotopic (exact) mass is 298 g/mol. The third-order valence-electron chi connectivity index (χ3n) is 3.94. The Labute approximate surface area is 127 Å². The maximum atomic E-state index is 11.8. The Morgan fingerprint density at radius 1 is 0.955 bits per heavy atom. The lowest BCUT2D eigenvalue weighted by Crippen LogP contribution is -2.21. The first-order chi connectivity index (χ1) is 10.7. The number of fused-ring (bicyclic) bond motifs is 2. The molecule has 2 aliphatic rings. The fraction of sp³-hybridized carbons (Fsp3) is 0.235. The van der Waals surface area contributed by atoms with Crippen molar-refractivity contribution in [3.8, 4) is 23.0 Å². The fourth-order valence-corrected chi connectivity index (χ4v) is 2.91. The Balaban J connectivity index is 1.78. The Bertz CT molecular complexity index is 753. The van der Waals surface area contributed by atoms with Crippen LogP contribution in [0.4, 0.5) is 0 Å². The summed E-state index contributed by atoms with van der Waals surface area (Å²) in [5.74, 6) is 1.48. The van der Waals surface area contributed by atoms with E-state index in [1.807, 2.05) is 18.2 Å². The Kier molecular flexibility index (Phi) is 2.92. The molecule has 4 rings (SSSR count). The van der Waals surface area contributed by atoms with Gasteiger partial charge in [-0.15, -0.1) is 0 Å². The largest absolute Gasteiger partial charge is 0.508 e. The number of ether oxygens (including phenoxy) is 3. The Morgan fingerprint density at radius 2 is 1.77 bits per heavy atom. The molecule has 2 aromatic rings. The van der Waals surface area contributed by atoms with Crippen molar-refractivity contribution in [1.29, 1.82) is 0 Å². The second kappa shape index (κ2) is 4.94. The predicted molar refractivity (Wildman–Crippen MR) is 77.6 cm³/mol. The molecule has 0 fully saturated rings. The van der Waals surface area contributed by atoms with Crippen molar-refractivity contribution in [1.82, 2.24) is 0 Å². The Morgan fingerprint density at radius 3 is 2.64 bits per heavy atom. The first-order valence-corrected chi connectivity index (χ1v) is 7.14. The molecular weight excluding hydrogens is 284 g/mol. The van der Waals surface area contributed by atoms with Crippen LogP contribution in [0.15, 0.2) is 36.4 Å². The number of carbonyl (C=O) groups is 1. The van der Waals surface area contributed by atoms with E-state index in [4.69, 9.17) is 14.2 Å². The highest BCUT2D eigenvalue weighted by atomic mass is 16.6. The number of phenolic OH excluding ortho intramolecular Hbond substituents is 1. The molecule has 0 amide bonds. The molecular formula is C17H14O5. The number of aromatic hydroxyl groups is 1. The summed E-state index contributed by atoms with van der Waals surface area (Å²) in [7, 11) is 0. The highest BCUT2D eigenvalue weighted by molar-refractivity contribution is 5.78. The lowest BCUT2D eigenvalue weighted by Gasteiger charge is -2.26. The van der Waals surface area contributed by atoms with Crippen molar-refractivity contribution in [2.24, 2.45) is 0 Å². The zero-order chi connectivity index (χ0) is 15.1. The van der Waals surface area contributed by atoms with Crippen LogP contribution < -0.4 is 14.2 Å². The van der Waals surface area contributed by atoms with E-state index in [2.05, 4.69) is 0 Å². The third-order valence-corrected chi connectivity index (χ3v) is 3.94. The summed E-state index contributed by atoms with van der Waals surface area (Å²) < 4.78 is 16.4. The zero-order valence-corrected chi connectivity index (χ0v) is 11.7. The van der Waals surface area contributed by atoms with Crippen LogP contribution in [-0.2, 0) is 4.79 Å². The maximum absolute atomic E-state index is 11.8. The van der Waals surface area contributed by atoms with Gasteiger partial charge in [-0.1, -0.05) is 12.1 Å². The summed E-state index contributed by atoms with van der Waals surface area (Å²) in [6, 6.07) is 10.6. The summed E-state index contributed by atoms with van der Waals surface area (Å²) in [4.78, 5) is 11.8. The molecule has 5 heteroatoms. The molecule has 0 bridgehead atoms. The number of hydrogen-bond acceptors (Lipinski definition) is 5. The lowest BCUT2D eigenvalue weighted by molar-refractivity contribution is -0.135. The first kappa shape index (κ1) is 13.0. The van der Waals surface area contributed by atoms with Gasteiger partial charge in [-0.3, -0.25) is 4.79 Å².